The Kier molecular flexibility index (Phi) is 3.30. The number of aromatic nitrogens is 2. The highest BCUT2D eigenvalue weighted by Gasteiger charge is 2.44. The van der Waals surface area contributed by atoms with Gasteiger partial charge in [0, 0.05) is 31.6 Å². The maximum Gasteiger partial charge on any atom is 0.268 e. The zero-order valence-corrected chi connectivity index (χ0v) is 15.1. The molecule has 1 aliphatic carbocycles. The molecule has 2 aromatic rings. The van der Waals surface area contributed by atoms with Crippen molar-refractivity contribution in [2.75, 3.05) is 36.0 Å². The average Bonchev–Trinajstić information content (AvgIpc) is 3.37. The maximum absolute atomic E-state index is 12.5. The molecule has 2 saturated heterocycles. The van der Waals surface area contributed by atoms with Gasteiger partial charge in [-0.05, 0) is 43.1 Å². The summed E-state index contributed by atoms with van der Waals surface area (Å²) in [6, 6.07) is 4.20. The Morgan fingerprint density at radius 3 is 2.58 bits per heavy atom. The molecule has 0 atom stereocenters. The van der Waals surface area contributed by atoms with E-state index in [4.69, 9.17) is 0 Å². The highest BCUT2D eigenvalue weighted by Crippen LogP contribution is 2.54. The van der Waals surface area contributed by atoms with Crippen molar-refractivity contribution in [3.8, 4) is 6.07 Å². The largest absolute Gasteiger partial charge is 0.370 e. The van der Waals surface area contributed by atoms with Crippen LogP contribution in [0.5, 0.6) is 0 Å². The normalized spacial score (nSPS) is 21.7. The highest BCUT2D eigenvalue weighted by atomic mass is 16.1. The van der Waals surface area contributed by atoms with Crippen LogP contribution in [0.2, 0.25) is 0 Å². The van der Waals surface area contributed by atoms with Crippen molar-refractivity contribution in [1.82, 2.24) is 9.97 Å². The summed E-state index contributed by atoms with van der Waals surface area (Å²) < 4.78 is 0. The van der Waals surface area contributed by atoms with Crippen LogP contribution in [-0.4, -0.2) is 36.1 Å². The Balaban J connectivity index is 1.62. The predicted octanol–water partition coefficient (Wildman–Crippen LogP) is 2.63. The third-order valence-electron chi connectivity index (χ3n) is 6.45. The van der Waals surface area contributed by atoms with E-state index in [1.165, 1.54) is 12.8 Å². The topological polar surface area (TPSA) is 76.0 Å². The second kappa shape index (κ2) is 5.47. The number of nitrogens with one attached hydrogen (secondary N) is 1. The summed E-state index contributed by atoms with van der Waals surface area (Å²) in [7, 11) is 0. The molecule has 1 saturated carbocycles. The van der Waals surface area contributed by atoms with Gasteiger partial charge < -0.3 is 14.8 Å². The van der Waals surface area contributed by atoms with Crippen LogP contribution in [0.1, 0.15) is 38.2 Å². The highest BCUT2D eigenvalue weighted by molar-refractivity contribution is 5.95. The van der Waals surface area contributed by atoms with Crippen molar-refractivity contribution in [1.29, 1.82) is 5.26 Å². The first-order valence-electron chi connectivity index (χ1n) is 9.55. The average molecular weight is 349 g/mol. The van der Waals surface area contributed by atoms with Gasteiger partial charge in [-0.3, -0.25) is 4.79 Å². The molecule has 26 heavy (non-hydrogen) atoms. The van der Waals surface area contributed by atoms with Gasteiger partial charge in [-0.15, -0.1) is 0 Å². The summed E-state index contributed by atoms with van der Waals surface area (Å²) in [6.45, 7) is 6.09. The van der Waals surface area contributed by atoms with Gasteiger partial charge in [0.05, 0.1) is 17.4 Å². The number of H-pyrrole nitrogens is 1. The lowest BCUT2D eigenvalue weighted by Crippen LogP contribution is -2.45. The zero-order chi connectivity index (χ0) is 17.9. The van der Waals surface area contributed by atoms with Crippen LogP contribution < -0.4 is 15.4 Å². The molecule has 3 fully saturated rings. The summed E-state index contributed by atoms with van der Waals surface area (Å²) in [6.07, 6.45) is 6.74. The lowest BCUT2D eigenvalue weighted by molar-refractivity contribution is 0.385. The predicted molar refractivity (Wildman–Crippen MR) is 102 cm³/mol. The molecule has 5 rings (SSSR count). The van der Waals surface area contributed by atoms with Crippen molar-refractivity contribution in [3.05, 3.63) is 28.2 Å². The van der Waals surface area contributed by atoms with Crippen LogP contribution in [0.15, 0.2) is 17.1 Å². The van der Waals surface area contributed by atoms with Crippen LogP contribution in [0.4, 0.5) is 11.5 Å². The van der Waals surface area contributed by atoms with E-state index in [-0.39, 0.29) is 11.1 Å². The number of rotatable bonds is 2. The maximum atomic E-state index is 12.5. The molecule has 1 N–H and O–H groups in total. The Labute approximate surface area is 152 Å². The third-order valence-corrected chi connectivity index (χ3v) is 6.45. The summed E-state index contributed by atoms with van der Waals surface area (Å²) in [4.78, 5) is 24.3. The Hall–Kier alpha value is -2.55. The lowest BCUT2D eigenvalue weighted by atomic mass is 9.92. The minimum Gasteiger partial charge on any atom is -0.370 e. The van der Waals surface area contributed by atoms with Gasteiger partial charge in [0.1, 0.15) is 17.5 Å². The van der Waals surface area contributed by atoms with E-state index in [0.717, 1.165) is 55.9 Å². The first kappa shape index (κ1) is 15.7. The van der Waals surface area contributed by atoms with E-state index in [1.807, 2.05) is 0 Å². The van der Waals surface area contributed by atoms with Gasteiger partial charge in [0.2, 0.25) is 0 Å². The molecule has 4 heterocycles. The molecule has 0 radical (unpaired) electrons. The summed E-state index contributed by atoms with van der Waals surface area (Å²) in [5, 5.41) is 10.6. The number of hydrogen-bond acceptors (Lipinski definition) is 5. The van der Waals surface area contributed by atoms with Crippen molar-refractivity contribution in [2.45, 2.75) is 32.6 Å². The van der Waals surface area contributed by atoms with E-state index in [9.17, 15) is 10.1 Å². The molecule has 1 spiro atoms. The number of piperidine rings is 1. The van der Waals surface area contributed by atoms with Crippen molar-refractivity contribution < 1.29 is 0 Å². The number of hydrogen-bond donors (Lipinski definition) is 1. The number of nitriles is 1. The summed E-state index contributed by atoms with van der Waals surface area (Å²) in [5.74, 6) is 1.62. The van der Waals surface area contributed by atoms with Crippen LogP contribution >= 0.6 is 0 Å². The van der Waals surface area contributed by atoms with E-state index < -0.39 is 0 Å². The molecule has 0 unspecified atom stereocenters. The van der Waals surface area contributed by atoms with E-state index in [0.29, 0.717) is 16.8 Å². The van der Waals surface area contributed by atoms with Crippen LogP contribution in [-0.2, 0) is 0 Å². The molecular formula is C20H23N5O. The molecule has 0 amide bonds. The molecule has 2 aromatic heterocycles. The SMILES string of the molecule is CC1CN(c2cc3c(N4CCC5(CC4)CC5)c(C#N)c(=O)[nH]c3cn2)C1. The van der Waals surface area contributed by atoms with Crippen LogP contribution in [0.25, 0.3) is 10.9 Å². The summed E-state index contributed by atoms with van der Waals surface area (Å²) in [5.41, 5.74) is 2.00. The van der Waals surface area contributed by atoms with Gasteiger partial charge in [0.15, 0.2) is 0 Å². The minimum absolute atomic E-state index is 0.235. The first-order valence-corrected chi connectivity index (χ1v) is 9.55. The second-order valence-electron chi connectivity index (χ2n) is 8.37. The minimum atomic E-state index is -0.311. The molecule has 0 bridgehead atoms. The number of pyridine rings is 2. The van der Waals surface area contributed by atoms with Gasteiger partial charge >= 0.3 is 0 Å². The quantitative estimate of drug-likeness (QED) is 0.902. The molecule has 0 aromatic carbocycles. The summed E-state index contributed by atoms with van der Waals surface area (Å²) >= 11 is 0. The molecule has 2 aliphatic heterocycles. The Morgan fingerprint density at radius 2 is 1.96 bits per heavy atom. The molecular weight excluding hydrogens is 326 g/mol. The van der Waals surface area contributed by atoms with E-state index in [2.05, 4.69) is 38.8 Å². The van der Waals surface area contributed by atoms with Crippen LogP contribution in [0.3, 0.4) is 0 Å². The van der Waals surface area contributed by atoms with Crippen LogP contribution in [0, 0.1) is 22.7 Å². The molecule has 134 valence electrons. The standard InChI is InChI=1S/C20H23N5O/c1-13-11-25(12-13)17-8-14-16(10-22-17)23-19(26)15(9-21)18(14)24-6-4-20(2-3-20)5-7-24/h8,10,13H,2-7,11-12H2,1H3,(H,23,26). The fraction of sp³-hybridized carbons (Fsp3) is 0.550. The zero-order valence-electron chi connectivity index (χ0n) is 15.1. The lowest BCUT2D eigenvalue weighted by Gasteiger charge is -2.38. The van der Waals surface area contributed by atoms with E-state index >= 15 is 0 Å². The third kappa shape index (κ3) is 2.38. The Morgan fingerprint density at radius 1 is 1.23 bits per heavy atom. The fourth-order valence-corrected chi connectivity index (χ4v) is 4.54. The van der Waals surface area contributed by atoms with Gasteiger partial charge in [-0.25, -0.2) is 4.98 Å². The van der Waals surface area contributed by atoms with Gasteiger partial charge in [0.25, 0.3) is 5.56 Å². The smallest absolute Gasteiger partial charge is 0.268 e. The second-order valence-corrected chi connectivity index (χ2v) is 8.37. The van der Waals surface area contributed by atoms with Crippen molar-refractivity contribution >= 4 is 22.4 Å². The number of nitrogens with zero attached hydrogens (tertiary/aromatic N) is 4. The van der Waals surface area contributed by atoms with Crippen molar-refractivity contribution in [3.63, 3.8) is 0 Å². The molecule has 6 nitrogen and oxygen atoms in total. The fourth-order valence-electron chi connectivity index (χ4n) is 4.54. The molecule has 3 aliphatic rings. The monoisotopic (exact) mass is 349 g/mol. The van der Waals surface area contributed by atoms with E-state index in [1.54, 1.807) is 6.20 Å². The van der Waals surface area contributed by atoms with Crippen molar-refractivity contribution in [2.24, 2.45) is 11.3 Å². The van der Waals surface area contributed by atoms with Gasteiger partial charge in [-0.2, -0.15) is 5.26 Å². The first-order chi connectivity index (χ1) is 12.6. The van der Waals surface area contributed by atoms with Gasteiger partial charge in [-0.1, -0.05) is 6.92 Å². The number of fused-ring (bicyclic) bond motifs is 1. The number of aromatic amines is 1. The molecule has 6 heteroatoms. The Bertz CT molecular complexity index is 968. The number of anilines is 2.